The van der Waals surface area contributed by atoms with Crippen molar-refractivity contribution in [1.29, 1.82) is 0 Å². The summed E-state index contributed by atoms with van der Waals surface area (Å²) < 4.78 is 0. The summed E-state index contributed by atoms with van der Waals surface area (Å²) in [5.74, 6) is 7.23. The average molecular weight is 294 g/mol. The van der Waals surface area contributed by atoms with Crippen LogP contribution in [-0.4, -0.2) is 27.5 Å². The molecule has 0 spiro atoms. The third-order valence-electron chi connectivity index (χ3n) is 2.89. The number of nitrogens with two attached hydrogens (primary N) is 1. The minimum Gasteiger partial charge on any atom is -0.358 e. The second-order valence-electron chi connectivity index (χ2n) is 6.07. The summed E-state index contributed by atoms with van der Waals surface area (Å²) in [4.78, 5) is 20.8. The van der Waals surface area contributed by atoms with Crippen molar-refractivity contribution in [3.05, 3.63) is 11.4 Å². The minimum absolute atomic E-state index is 0.0826. The first-order chi connectivity index (χ1) is 9.67. The predicted molar refractivity (Wildman–Crippen MR) is 84.9 cm³/mol. The van der Waals surface area contributed by atoms with E-state index in [4.69, 9.17) is 5.84 Å². The SMILES string of the molecule is CCc1nc(NN)c(C)c(NC(C)C(=O)NC(C)(C)C)n1. The van der Waals surface area contributed by atoms with Gasteiger partial charge in [0.05, 0.1) is 0 Å². The van der Waals surface area contributed by atoms with Crippen molar-refractivity contribution in [2.75, 3.05) is 10.7 Å². The lowest BCUT2D eigenvalue weighted by Gasteiger charge is -2.24. The summed E-state index contributed by atoms with van der Waals surface area (Å²) in [5.41, 5.74) is 3.07. The zero-order valence-electron chi connectivity index (χ0n) is 13.7. The molecule has 1 atom stereocenters. The van der Waals surface area contributed by atoms with Gasteiger partial charge < -0.3 is 16.1 Å². The molecule has 1 aromatic heterocycles. The van der Waals surface area contributed by atoms with Crippen LogP contribution >= 0.6 is 0 Å². The van der Waals surface area contributed by atoms with E-state index >= 15 is 0 Å². The molecule has 0 fully saturated rings. The van der Waals surface area contributed by atoms with E-state index in [-0.39, 0.29) is 11.4 Å². The van der Waals surface area contributed by atoms with E-state index in [1.807, 2.05) is 34.6 Å². The molecule has 21 heavy (non-hydrogen) atoms. The first-order valence-electron chi connectivity index (χ1n) is 7.10. The van der Waals surface area contributed by atoms with E-state index < -0.39 is 6.04 Å². The molecule has 0 aliphatic rings. The highest BCUT2D eigenvalue weighted by atomic mass is 16.2. The van der Waals surface area contributed by atoms with E-state index in [1.165, 1.54) is 0 Å². The van der Waals surface area contributed by atoms with Crippen LogP contribution in [0.2, 0.25) is 0 Å². The Morgan fingerprint density at radius 3 is 2.33 bits per heavy atom. The van der Waals surface area contributed by atoms with Crippen molar-refractivity contribution in [3.8, 4) is 0 Å². The van der Waals surface area contributed by atoms with E-state index in [1.54, 1.807) is 6.92 Å². The molecule has 0 saturated heterocycles. The Kier molecular flexibility index (Phi) is 5.48. The lowest BCUT2D eigenvalue weighted by Crippen LogP contribution is -2.47. The molecule has 1 amide bonds. The summed E-state index contributed by atoms with van der Waals surface area (Å²) in [5, 5.41) is 6.05. The molecule has 0 aromatic carbocycles. The van der Waals surface area contributed by atoms with Gasteiger partial charge in [0, 0.05) is 17.5 Å². The number of amides is 1. The van der Waals surface area contributed by atoms with Crippen LogP contribution in [0.5, 0.6) is 0 Å². The van der Waals surface area contributed by atoms with Crippen LogP contribution in [0, 0.1) is 6.92 Å². The van der Waals surface area contributed by atoms with Gasteiger partial charge in [-0.15, -0.1) is 0 Å². The minimum atomic E-state index is -0.409. The first kappa shape index (κ1) is 17.2. The number of carbonyl (C=O) groups excluding carboxylic acids is 1. The van der Waals surface area contributed by atoms with Gasteiger partial charge >= 0.3 is 0 Å². The highest BCUT2D eigenvalue weighted by Crippen LogP contribution is 2.20. The van der Waals surface area contributed by atoms with E-state index in [2.05, 4.69) is 26.0 Å². The molecule has 0 aliphatic heterocycles. The third kappa shape index (κ3) is 4.86. The number of hydrogen-bond donors (Lipinski definition) is 4. The second-order valence-corrected chi connectivity index (χ2v) is 6.07. The molecule has 7 heteroatoms. The summed E-state index contributed by atoms with van der Waals surface area (Å²) in [6.45, 7) is 11.4. The highest BCUT2D eigenvalue weighted by molar-refractivity contribution is 5.84. The molecule has 0 aliphatic carbocycles. The van der Waals surface area contributed by atoms with Gasteiger partial charge in [0.2, 0.25) is 5.91 Å². The number of nitrogen functional groups attached to an aromatic ring is 1. The van der Waals surface area contributed by atoms with Gasteiger partial charge in [0.25, 0.3) is 0 Å². The maximum Gasteiger partial charge on any atom is 0.242 e. The van der Waals surface area contributed by atoms with Crippen LogP contribution < -0.4 is 21.9 Å². The number of anilines is 2. The van der Waals surface area contributed by atoms with Crippen LogP contribution in [0.15, 0.2) is 0 Å². The first-order valence-corrected chi connectivity index (χ1v) is 7.10. The Morgan fingerprint density at radius 2 is 1.86 bits per heavy atom. The highest BCUT2D eigenvalue weighted by Gasteiger charge is 2.20. The van der Waals surface area contributed by atoms with Crippen molar-refractivity contribution >= 4 is 17.5 Å². The molecular formula is C14H26N6O. The van der Waals surface area contributed by atoms with Crippen LogP contribution in [0.4, 0.5) is 11.6 Å². The fraction of sp³-hybridized carbons (Fsp3) is 0.643. The van der Waals surface area contributed by atoms with E-state index in [9.17, 15) is 4.79 Å². The number of aromatic nitrogens is 2. The number of nitrogens with zero attached hydrogens (tertiary/aromatic N) is 2. The zero-order chi connectivity index (χ0) is 16.2. The van der Waals surface area contributed by atoms with Gasteiger partial charge in [-0.05, 0) is 34.6 Å². The topological polar surface area (TPSA) is 105 Å². The van der Waals surface area contributed by atoms with Gasteiger partial charge in [-0.2, -0.15) is 0 Å². The maximum atomic E-state index is 12.1. The molecule has 1 heterocycles. The summed E-state index contributed by atoms with van der Waals surface area (Å²) in [6, 6.07) is -0.409. The Morgan fingerprint density at radius 1 is 1.29 bits per heavy atom. The Labute approximate surface area is 126 Å². The molecule has 0 saturated carbocycles. The molecule has 1 aromatic rings. The molecule has 1 rings (SSSR count). The van der Waals surface area contributed by atoms with Crippen LogP contribution in [0.3, 0.4) is 0 Å². The lowest BCUT2D eigenvalue weighted by molar-refractivity contribution is -0.122. The Hall–Kier alpha value is -1.89. The monoisotopic (exact) mass is 294 g/mol. The standard InChI is InChI=1S/C14H26N6O/c1-7-10-17-11(8(2)12(18-10)20-15)16-9(3)13(21)19-14(4,5)6/h9H,7,15H2,1-6H3,(H,19,21)(H2,16,17,18,20). The summed E-state index contributed by atoms with van der Waals surface area (Å²) >= 11 is 0. The van der Waals surface area contributed by atoms with Crippen LogP contribution in [-0.2, 0) is 11.2 Å². The van der Waals surface area contributed by atoms with Gasteiger partial charge in [-0.25, -0.2) is 15.8 Å². The summed E-state index contributed by atoms with van der Waals surface area (Å²) in [6.07, 6.45) is 0.687. The number of hydrogen-bond acceptors (Lipinski definition) is 6. The second kappa shape index (κ2) is 6.71. The molecule has 7 nitrogen and oxygen atoms in total. The molecule has 0 bridgehead atoms. The van der Waals surface area contributed by atoms with E-state index in [0.717, 1.165) is 5.56 Å². The molecule has 1 unspecified atom stereocenters. The lowest BCUT2D eigenvalue weighted by atomic mass is 10.1. The smallest absolute Gasteiger partial charge is 0.242 e. The fourth-order valence-corrected chi connectivity index (χ4v) is 1.75. The number of hydrazine groups is 1. The Balaban J connectivity index is 2.94. The fourth-order valence-electron chi connectivity index (χ4n) is 1.75. The Bertz CT molecular complexity index is 509. The predicted octanol–water partition coefficient (Wildman–Crippen LogP) is 1.35. The molecule has 118 valence electrons. The molecule has 5 N–H and O–H groups in total. The maximum absolute atomic E-state index is 12.1. The van der Waals surface area contributed by atoms with Crippen LogP contribution in [0.25, 0.3) is 0 Å². The van der Waals surface area contributed by atoms with Crippen molar-refractivity contribution in [2.24, 2.45) is 5.84 Å². The molecule has 0 radical (unpaired) electrons. The average Bonchev–Trinajstić information content (AvgIpc) is 2.38. The van der Waals surface area contributed by atoms with Crippen molar-refractivity contribution in [1.82, 2.24) is 15.3 Å². The number of nitrogens with one attached hydrogen (secondary N) is 3. The van der Waals surface area contributed by atoms with Crippen molar-refractivity contribution in [2.45, 2.75) is 59.5 Å². The zero-order valence-corrected chi connectivity index (χ0v) is 13.7. The summed E-state index contributed by atoms with van der Waals surface area (Å²) in [7, 11) is 0. The van der Waals surface area contributed by atoms with E-state index in [0.29, 0.717) is 23.9 Å². The largest absolute Gasteiger partial charge is 0.358 e. The number of rotatable bonds is 5. The van der Waals surface area contributed by atoms with Crippen LogP contribution in [0.1, 0.15) is 46.0 Å². The quantitative estimate of drug-likeness (QED) is 0.482. The number of carbonyl (C=O) groups is 1. The number of aryl methyl sites for hydroxylation is 1. The molecular weight excluding hydrogens is 268 g/mol. The van der Waals surface area contributed by atoms with Crippen molar-refractivity contribution in [3.63, 3.8) is 0 Å². The van der Waals surface area contributed by atoms with Gasteiger partial charge in [-0.3, -0.25) is 4.79 Å². The third-order valence-corrected chi connectivity index (χ3v) is 2.89. The van der Waals surface area contributed by atoms with Crippen molar-refractivity contribution < 1.29 is 4.79 Å². The normalized spacial score (nSPS) is 12.7. The van der Waals surface area contributed by atoms with Gasteiger partial charge in [0.1, 0.15) is 23.5 Å². The van der Waals surface area contributed by atoms with Gasteiger partial charge in [0.15, 0.2) is 0 Å². The van der Waals surface area contributed by atoms with Gasteiger partial charge in [-0.1, -0.05) is 6.92 Å².